The van der Waals surface area contributed by atoms with Crippen LogP contribution in [0.15, 0.2) is 30.3 Å². The first kappa shape index (κ1) is 23.4. The number of primary amides is 1. The van der Waals surface area contributed by atoms with Crippen LogP contribution in [-0.4, -0.2) is 64.3 Å². The molecule has 1 aliphatic rings. The monoisotopic (exact) mass is 417 g/mol. The summed E-state index contributed by atoms with van der Waals surface area (Å²) in [5, 5.41) is 0. The van der Waals surface area contributed by atoms with E-state index in [-0.39, 0.29) is 19.5 Å². The highest BCUT2D eigenvalue weighted by Crippen LogP contribution is 2.22. The van der Waals surface area contributed by atoms with Crippen LogP contribution in [0.5, 0.6) is 0 Å². The summed E-state index contributed by atoms with van der Waals surface area (Å²) in [5.41, 5.74) is 5.52. The normalized spacial score (nSPS) is 19.8. The second-order valence-electron chi connectivity index (χ2n) is 8.59. The maximum Gasteiger partial charge on any atom is 0.329 e. The Hall–Kier alpha value is -2.90. The van der Waals surface area contributed by atoms with Gasteiger partial charge < -0.3 is 20.3 Å². The maximum absolute atomic E-state index is 13.4. The van der Waals surface area contributed by atoms with Gasteiger partial charge in [0.2, 0.25) is 17.7 Å². The molecule has 1 heterocycles. The molecule has 1 saturated heterocycles. The van der Waals surface area contributed by atoms with Gasteiger partial charge in [-0.1, -0.05) is 30.3 Å². The quantitative estimate of drug-likeness (QED) is 0.551. The van der Waals surface area contributed by atoms with Crippen LogP contribution in [0.25, 0.3) is 0 Å². The van der Waals surface area contributed by atoms with Crippen molar-refractivity contribution in [3.05, 3.63) is 35.9 Å². The zero-order chi connectivity index (χ0) is 22.6. The molecule has 0 aromatic heterocycles. The number of nitrogens with zero attached hydrogens (tertiary/aromatic N) is 2. The minimum Gasteiger partial charge on any atom is -0.458 e. The number of esters is 1. The third kappa shape index (κ3) is 5.58. The van der Waals surface area contributed by atoms with Crippen molar-refractivity contribution in [1.29, 1.82) is 0 Å². The molecule has 164 valence electrons. The van der Waals surface area contributed by atoms with E-state index in [2.05, 4.69) is 0 Å². The molecule has 8 heteroatoms. The zero-order valence-corrected chi connectivity index (χ0v) is 18.3. The number of ether oxygens (including phenoxy) is 1. The van der Waals surface area contributed by atoms with Crippen molar-refractivity contribution in [1.82, 2.24) is 9.80 Å². The average Bonchev–Trinajstić information content (AvgIpc) is 2.78. The van der Waals surface area contributed by atoms with Gasteiger partial charge in [0.15, 0.2) is 0 Å². The molecule has 2 rings (SSSR count). The lowest BCUT2D eigenvalue weighted by Crippen LogP contribution is -2.49. The molecular weight excluding hydrogens is 386 g/mol. The molecule has 2 N–H and O–H groups in total. The summed E-state index contributed by atoms with van der Waals surface area (Å²) >= 11 is 0. The first-order valence-corrected chi connectivity index (χ1v) is 10.1. The highest BCUT2D eigenvalue weighted by atomic mass is 16.6. The zero-order valence-electron chi connectivity index (χ0n) is 18.3. The Kier molecular flexibility index (Phi) is 7.23. The van der Waals surface area contributed by atoms with E-state index in [0.717, 1.165) is 5.56 Å². The molecule has 0 radical (unpaired) electrons. The van der Waals surface area contributed by atoms with Crippen LogP contribution in [0.2, 0.25) is 0 Å². The maximum atomic E-state index is 13.4. The summed E-state index contributed by atoms with van der Waals surface area (Å²) in [6.45, 7) is 8.58. The van der Waals surface area contributed by atoms with Gasteiger partial charge in [-0.3, -0.25) is 14.4 Å². The van der Waals surface area contributed by atoms with Crippen LogP contribution in [0.3, 0.4) is 0 Å². The standard InChI is InChI=1S/C22H31N3O5/c1-14(18(23)26)24-11-12-25(15(2)21(29)30-22(3,4)5)20(28)17(19(24)27)13-16-9-7-6-8-10-16/h6-10,14-15,17H,11-13H2,1-5H3,(H2,23,26)/t14-,15+,17?/m1/s1. The lowest BCUT2D eigenvalue weighted by Gasteiger charge is -2.30. The number of hydrogen-bond donors (Lipinski definition) is 1. The van der Waals surface area contributed by atoms with Gasteiger partial charge in [0.05, 0.1) is 0 Å². The second kappa shape index (κ2) is 9.28. The summed E-state index contributed by atoms with van der Waals surface area (Å²) in [7, 11) is 0. The highest BCUT2D eigenvalue weighted by molar-refractivity contribution is 6.03. The Labute approximate surface area is 177 Å². The minimum absolute atomic E-state index is 0.104. The number of carbonyl (C=O) groups excluding carboxylic acids is 4. The molecule has 0 spiro atoms. The van der Waals surface area contributed by atoms with Crippen molar-refractivity contribution in [2.75, 3.05) is 13.1 Å². The van der Waals surface area contributed by atoms with E-state index in [1.807, 2.05) is 30.3 Å². The Balaban J connectivity index is 2.37. The van der Waals surface area contributed by atoms with E-state index < -0.39 is 47.3 Å². The minimum atomic E-state index is -1.05. The smallest absolute Gasteiger partial charge is 0.329 e. The molecule has 1 aliphatic heterocycles. The van der Waals surface area contributed by atoms with E-state index in [9.17, 15) is 19.2 Å². The first-order chi connectivity index (χ1) is 13.9. The fourth-order valence-corrected chi connectivity index (χ4v) is 3.40. The number of amides is 3. The molecule has 0 aliphatic carbocycles. The van der Waals surface area contributed by atoms with Crippen molar-refractivity contribution in [3.63, 3.8) is 0 Å². The van der Waals surface area contributed by atoms with Crippen LogP contribution in [-0.2, 0) is 30.3 Å². The van der Waals surface area contributed by atoms with Crippen molar-refractivity contribution in [2.24, 2.45) is 11.7 Å². The van der Waals surface area contributed by atoms with Crippen molar-refractivity contribution in [3.8, 4) is 0 Å². The topological polar surface area (TPSA) is 110 Å². The van der Waals surface area contributed by atoms with Gasteiger partial charge in [-0.15, -0.1) is 0 Å². The Morgan fingerprint density at radius 2 is 1.53 bits per heavy atom. The van der Waals surface area contributed by atoms with Gasteiger partial charge in [-0.05, 0) is 46.6 Å². The number of rotatable bonds is 6. The molecule has 1 aromatic carbocycles. The van der Waals surface area contributed by atoms with E-state index in [1.165, 1.54) is 16.7 Å². The van der Waals surface area contributed by atoms with Gasteiger partial charge >= 0.3 is 5.97 Å². The van der Waals surface area contributed by atoms with E-state index in [4.69, 9.17) is 10.5 Å². The number of benzene rings is 1. The molecule has 3 atom stereocenters. The number of carbonyl (C=O) groups is 4. The molecule has 0 saturated carbocycles. The first-order valence-electron chi connectivity index (χ1n) is 10.1. The predicted molar refractivity (Wildman–Crippen MR) is 111 cm³/mol. The molecule has 1 unspecified atom stereocenters. The Morgan fingerprint density at radius 1 is 1.03 bits per heavy atom. The Bertz CT molecular complexity index is 803. The fraction of sp³-hybridized carbons (Fsp3) is 0.545. The third-order valence-corrected chi connectivity index (χ3v) is 5.12. The lowest BCUT2D eigenvalue weighted by molar-refractivity contribution is -0.165. The van der Waals surface area contributed by atoms with E-state index >= 15 is 0 Å². The second-order valence-corrected chi connectivity index (χ2v) is 8.59. The van der Waals surface area contributed by atoms with Crippen LogP contribution in [0.1, 0.15) is 40.2 Å². The number of nitrogens with two attached hydrogens (primary N) is 1. The van der Waals surface area contributed by atoms with Gasteiger partial charge in [-0.25, -0.2) is 4.79 Å². The largest absolute Gasteiger partial charge is 0.458 e. The van der Waals surface area contributed by atoms with Crippen LogP contribution in [0.4, 0.5) is 0 Å². The molecule has 1 aromatic rings. The SMILES string of the molecule is C[C@H](C(N)=O)N1CCN([C@@H](C)C(=O)OC(C)(C)C)C(=O)C(Cc2ccccc2)C1=O. The third-order valence-electron chi connectivity index (χ3n) is 5.12. The molecular formula is C22H31N3O5. The van der Waals surface area contributed by atoms with Gasteiger partial charge in [0, 0.05) is 13.1 Å². The van der Waals surface area contributed by atoms with Gasteiger partial charge in [0.1, 0.15) is 23.6 Å². The molecule has 1 fully saturated rings. The summed E-state index contributed by atoms with van der Waals surface area (Å²) in [5.74, 6) is -3.17. The fourth-order valence-electron chi connectivity index (χ4n) is 3.40. The molecule has 30 heavy (non-hydrogen) atoms. The van der Waals surface area contributed by atoms with Crippen molar-refractivity contribution >= 4 is 23.7 Å². The van der Waals surface area contributed by atoms with Gasteiger partial charge in [-0.2, -0.15) is 0 Å². The highest BCUT2D eigenvalue weighted by Gasteiger charge is 2.43. The predicted octanol–water partition coefficient (Wildman–Crippen LogP) is 1.12. The van der Waals surface area contributed by atoms with Crippen LogP contribution >= 0.6 is 0 Å². The number of hydrogen-bond acceptors (Lipinski definition) is 5. The van der Waals surface area contributed by atoms with E-state index in [1.54, 1.807) is 27.7 Å². The molecule has 3 amide bonds. The van der Waals surface area contributed by atoms with Crippen LogP contribution < -0.4 is 5.73 Å². The average molecular weight is 418 g/mol. The molecule has 0 bridgehead atoms. The lowest BCUT2D eigenvalue weighted by atomic mass is 9.96. The van der Waals surface area contributed by atoms with E-state index in [0.29, 0.717) is 0 Å². The summed E-state index contributed by atoms with van der Waals surface area (Å²) < 4.78 is 5.43. The van der Waals surface area contributed by atoms with Gasteiger partial charge in [0.25, 0.3) is 0 Å². The van der Waals surface area contributed by atoms with Crippen molar-refractivity contribution in [2.45, 2.75) is 58.7 Å². The summed E-state index contributed by atoms with van der Waals surface area (Å²) in [6.07, 6.45) is 0.165. The van der Waals surface area contributed by atoms with Crippen LogP contribution in [0, 0.1) is 5.92 Å². The van der Waals surface area contributed by atoms with Crippen molar-refractivity contribution < 1.29 is 23.9 Å². The molecule has 8 nitrogen and oxygen atoms in total. The Morgan fingerprint density at radius 3 is 2.00 bits per heavy atom. The summed E-state index contributed by atoms with van der Waals surface area (Å²) in [4.78, 5) is 53.6. The summed E-state index contributed by atoms with van der Waals surface area (Å²) in [6, 6.07) is 7.42.